The third kappa shape index (κ3) is 4.28. The highest BCUT2D eigenvalue weighted by atomic mass is 35.5. The zero-order chi connectivity index (χ0) is 17.0. The molecule has 0 aliphatic heterocycles. The summed E-state index contributed by atoms with van der Waals surface area (Å²) < 4.78 is 1.90. The number of carbonyl (C=O) groups excluding carboxylic acids is 1. The Bertz CT molecular complexity index is 732. The van der Waals surface area contributed by atoms with Crippen LogP contribution in [-0.2, 0) is 11.3 Å². The number of allylic oxidation sites excluding steroid dienone is 1. The number of hydrogen-bond donors (Lipinski definition) is 1. The van der Waals surface area contributed by atoms with Crippen molar-refractivity contribution in [2.45, 2.75) is 30.8 Å². The number of amides is 1. The molecule has 1 amide bonds. The summed E-state index contributed by atoms with van der Waals surface area (Å²) in [6.45, 7) is 7.96. The van der Waals surface area contributed by atoms with Crippen LogP contribution in [0.1, 0.15) is 12.7 Å². The van der Waals surface area contributed by atoms with E-state index in [1.807, 2.05) is 11.5 Å². The van der Waals surface area contributed by atoms with Crippen molar-refractivity contribution in [2.75, 3.05) is 5.32 Å². The fourth-order valence-electron chi connectivity index (χ4n) is 1.83. The second kappa shape index (κ2) is 7.86. The van der Waals surface area contributed by atoms with E-state index in [1.54, 1.807) is 31.2 Å². The van der Waals surface area contributed by atoms with Crippen molar-refractivity contribution in [1.82, 2.24) is 14.8 Å². The lowest BCUT2D eigenvalue weighted by Crippen LogP contribution is -2.23. The maximum Gasteiger partial charge on any atom is 0.237 e. The minimum absolute atomic E-state index is 0.190. The van der Waals surface area contributed by atoms with E-state index in [9.17, 15) is 4.79 Å². The largest absolute Gasteiger partial charge is 0.324 e. The van der Waals surface area contributed by atoms with E-state index in [-0.39, 0.29) is 11.2 Å². The van der Waals surface area contributed by atoms with E-state index in [4.69, 9.17) is 23.2 Å². The van der Waals surface area contributed by atoms with Crippen LogP contribution in [0.3, 0.4) is 0 Å². The number of carbonyl (C=O) groups is 1. The van der Waals surface area contributed by atoms with Crippen LogP contribution in [0.25, 0.3) is 0 Å². The highest BCUT2D eigenvalue weighted by Crippen LogP contribution is 2.30. The predicted octanol–water partition coefficient (Wildman–Crippen LogP) is 4.20. The zero-order valence-electron chi connectivity index (χ0n) is 12.7. The van der Waals surface area contributed by atoms with Gasteiger partial charge >= 0.3 is 0 Å². The maximum absolute atomic E-state index is 12.3. The normalized spacial score (nSPS) is 12.0. The molecule has 0 spiro atoms. The Morgan fingerprint density at radius 3 is 2.91 bits per heavy atom. The molecule has 2 rings (SSSR count). The molecule has 0 aliphatic rings. The van der Waals surface area contributed by atoms with Crippen LogP contribution >= 0.6 is 35.0 Å². The summed E-state index contributed by atoms with van der Waals surface area (Å²) in [6.07, 6.45) is 1.76. The molecule has 1 N–H and O–H groups in total. The minimum atomic E-state index is -0.378. The summed E-state index contributed by atoms with van der Waals surface area (Å²) in [6, 6.07) is 5.10. The van der Waals surface area contributed by atoms with Gasteiger partial charge in [-0.1, -0.05) is 47.1 Å². The molecule has 0 fully saturated rings. The number of thioether (sulfide) groups is 1. The van der Waals surface area contributed by atoms with Crippen molar-refractivity contribution < 1.29 is 4.79 Å². The molecule has 1 unspecified atom stereocenters. The van der Waals surface area contributed by atoms with Gasteiger partial charge in [0.1, 0.15) is 5.82 Å². The fraction of sp³-hybridized carbons (Fsp3) is 0.267. The number of aromatic nitrogens is 3. The molecule has 5 nitrogen and oxygen atoms in total. The molecular formula is C15H16Cl2N4OS. The second-order valence-electron chi connectivity index (χ2n) is 4.78. The number of hydrogen-bond acceptors (Lipinski definition) is 4. The van der Waals surface area contributed by atoms with E-state index in [0.717, 1.165) is 5.82 Å². The number of rotatable bonds is 6. The van der Waals surface area contributed by atoms with Crippen molar-refractivity contribution in [3.05, 3.63) is 46.7 Å². The maximum atomic E-state index is 12.3. The molecule has 0 aliphatic carbocycles. The van der Waals surface area contributed by atoms with Crippen LogP contribution < -0.4 is 5.32 Å². The Labute approximate surface area is 149 Å². The van der Waals surface area contributed by atoms with Crippen LogP contribution in [0.4, 0.5) is 5.69 Å². The quantitative estimate of drug-likeness (QED) is 0.611. The lowest BCUT2D eigenvalue weighted by atomic mass is 10.3. The van der Waals surface area contributed by atoms with Crippen LogP contribution in [0, 0.1) is 6.92 Å². The molecule has 23 heavy (non-hydrogen) atoms. The van der Waals surface area contributed by atoms with Crippen molar-refractivity contribution in [3.8, 4) is 0 Å². The van der Waals surface area contributed by atoms with Gasteiger partial charge in [-0.05, 0) is 26.0 Å². The molecular weight excluding hydrogens is 355 g/mol. The molecule has 2 aromatic rings. The standard InChI is InChI=1S/C15H16Cl2N4OS/c1-4-8-21-10(3)19-20-15(21)23-9(2)14(22)18-12-7-5-6-11(16)13(12)17/h4-7,9H,1,8H2,2-3H3,(H,18,22). The lowest BCUT2D eigenvalue weighted by Gasteiger charge is -2.13. The molecule has 0 saturated carbocycles. The van der Waals surface area contributed by atoms with Gasteiger partial charge in [-0.25, -0.2) is 0 Å². The second-order valence-corrected chi connectivity index (χ2v) is 6.87. The topological polar surface area (TPSA) is 59.8 Å². The van der Waals surface area contributed by atoms with Crippen LogP contribution in [0.5, 0.6) is 0 Å². The van der Waals surface area contributed by atoms with E-state index in [0.29, 0.717) is 27.4 Å². The van der Waals surface area contributed by atoms with E-state index in [1.165, 1.54) is 11.8 Å². The fourth-order valence-corrected chi connectivity index (χ4v) is 3.09. The van der Waals surface area contributed by atoms with Crippen LogP contribution in [0.15, 0.2) is 36.0 Å². The molecule has 0 radical (unpaired) electrons. The summed E-state index contributed by atoms with van der Waals surface area (Å²) in [5.41, 5.74) is 0.486. The number of benzene rings is 1. The monoisotopic (exact) mass is 370 g/mol. The van der Waals surface area contributed by atoms with Crippen molar-refractivity contribution in [1.29, 1.82) is 0 Å². The van der Waals surface area contributed by atoms with Crippen LogP contribution in [-0.4, -0.2) is 25.9 Å². The smallest absolute Gasteiger partial charge is 0.237 e. The van der Waals surface area contributed by atoms with E-state index in [2.05, 4.69) is 22.1 Å². The summed E-state index contributed by atoms with van der Waals surface area (Å²) in [4.78, 5) is 12.3. The van der Waals surface area contributed by atoms with Gasteiger partial charge in [0.2, 0.25) is 5.91 Å². The third-order valence-corrected chi connectivity index (χ3v) is 4.97. The van der Waals surface area contributed by atoms with Gasteiger partial charge in [-0.2, -0.15) is 0 Å². The number of aryl methyl sites for hydroxylation is 1. The Morgan fingerprint density at radius 1 is 1.48 bits per heavy atom. The minimum Gasteiger partial charge on any atom is -0.324 e. The van der Waals surface area contributed by atoms with Crippen molar-refractivity contribution >= 4 is 46.6 Å². The Morgan fingerprint density at radius 2 is 2.22 bits per heavy atom. The van der Waals surface area contributed by atoms with Crippen LogP contribution in [0.2, 0.25) is 10.0 Å². The Kier molecular flexibility index (Phi) is 6.10. The molecule has 1 atom stereocenters. The Hall–Kier alpha value is -1.50. The predicted molar refractivity (Wildman–Crippen MR) is 95.4 cm³/mol. The van der Waals surface area contributed by atoms with E-state index < -0.39 is 0 Å². The first-order chi connectivity index (χ1) is 10.9. The van der Waals surface area contributed by atoms with Gasteiger partial charge in [0.05, 0.1) is 21.0 Å². The highest BCUT2D eigenvalue weighted by molar-refractivity contribution is 8.00. The number of halogens is 2. The zero-order valence-corrected chi connectivity index (χ0v) is 15.0. The summed E-state index contributed by atoms with van der Waals surface area (Å²) in [5.74, 6) is 0.586. The van der Waals surface area contributed by atoms with E-state index >= 15 is 0 Å². The number of nitrogens with one attached hydrogen (secondary N) is 1. The Balaban J connectivity index is 2.08. The van der Waals surface area contributed by atoms with Crippen molar-refractivity contribution in [3.63, 3.8) is 0 Å². The average molecular weight is 371 g/mol. The average Bonchev–Trinajstić information content (AvgIpc) is 2.85. The van der Waals surface area contributed by atoms with Gasteiger partial charge in [-0.3, -0.25) is 4.79 Å². The molecule has 1 heterocycles. The molecule has 1 aromatic heterocycles. The van der Waals surface area contributed by atoms with Gasteiger partial charge in [0.25, 0.3) is 0 Å². The molecule has 0 saturated heterocycles. The summed E-state index contributed by atoms with van der Waals surface area (Å²) >= 11 is 13.3. The third-order valence-electron chi connectivity index (χ3n) is 3.07. The molecule has 0 bridgehead atoms. The van der Waals surface area contributed by atoms with Gasteiger partial charge in [0, 0.05) is 6.54 Å². The van der Waals surface area contributed by atoms with Gasteiger partial charge in [0.15, 0.2) is 5.16 Å². The number of nitrogens with zero attached hydrogens (tertiary/aromatic N) is 3. The first-order valence-corrected chi connectivity index (χ1v) is 8.49. The molecule has 1 aromatic carbocycles. The summed E-state index contributed by atoms with van der Waals surface area (Å²) in [5, 5.41) is 11.9. The van der Waals surface area contributed by atoms with Gasteiger partial charge < -0.3 is 9.88 Å². The highest BCUT2D eigenvalue weighted by Gasteiger charge is 2.20. The molecule has 8 heteroatoms. The first kappa shape index (κ1) is 17.8. The molecule has 122 valence electrons. The van der Waals surface area contributed by atoms with Crippen molar-refractivity contribution in [2.24, 2.45) is 0 Å². The first-order valence-electron chi connectivity index (χ1n) is 6.86. The van der Waals surface area contributed by atoms with Gasteiger partial charge in [-0.15, -0.1) is 16.8 Å². The SMILES string of the molecule is C=CCn1c(C)nnc1SC(C)C(=O)Nc1cccc(Cl)c1Cl. The number of anilines is 1. The lowest BCUT2D eigenvalue weighted by molar-refractivity contribution is -0.115. The summed E-state index contributed by atoms with van der Waals surface area (Å²) in [7, 11) is 0.